The van der Waals surface area contributed by atoms with Gasteiger partial charge in [-0.1, -0.05) is 12.1 Å². The predicted octanol–water partition coefficient (Wildman–Crippen LogP) is 3.22. The van der Waals surface area contributed by atoms with Gasteiger partial charge >= 0.3 is 0 Å². The summed E-state index contributed by atoms with van der Waals surface area (Å²) >= 11 is 1.56. The van der Waals surface area contributed by atoms with Crippen molar-refractivity contribution in [3.05, 3.63) is 48.5 Å². The van der Waals surface area contributed by atoms with Gasteiger partial charge in [0, 0.05) is 4.90 Å². The molecule has 0 aliphatic heterocycles. The predicted molar refractivity (Wildman–Crippen MR) is 82.0 cm³/mol. The summed E-state index contributed by atoms with van der Waals surface area (Å²) in [6.45, 7) is 0. The summed E-state index contributed by atoms with van der Waals surface area (Å²) < 4.78 is 32.3. The molecule has 0 amide bonds. The van der Waals surface area contributed by atoms with Crippen LogP contribution in [-0.4, -0.2) is 21.8 Å². The maximum Gasteiger partial charge on any atom is 0.262 e. The van der Waals surface area contributed by atoms with Crippen molar-refractivity contribution in [3.8, 4) is 5.75 Å². The van der Waals surface area contributed by atoms with Crippen LogP contribution in [0.25, 0.3) is 0 Å². The van der Waals surface area contributed by atoms with Crippen LogP contribution in [0.4, 0.5) is 5.69 Å². The third-order valence-electron chi connectivity index (χ3n) is 2.72. The van der Waals surface area contributed by atoms with Gasteiger partial charge in [-0.15, -0.1) is 11.8 Å². The van der Waals surface area contributed by atoms with Crippen LogP contribution in [0.2, 0.25) is 0 Å². The van der Waals surface area contributed by atoms with Crippen molar-refractivity contribution >= 4 is 27.5 Å². The smallest absolute Gasteiger partial charge is 0.262 e. The van der Waals surface area contributed by atoms with E-state index >= 15 is 0 Å². The van der Waals surface area contributed by atoms with E-state index < -0.39 is 10.0 Å². The zero-order valence-electron chi connectivity index (χ0n) is 11.2. The minimum absolute atomic E-state index is 0.223. The minimum atomic E-state index is -3.61. The molecule has 106 valence electrons. The number of para-hydroxylation sites is 2. The van der Waals surface area contributed by atoms with Crippen molar-refractivity contribution in [2.45, 2.75) is 9.79 Å². The fraction of sp³-hybridized carbons (Fsp3) is 0.143. The van der Waals surface area contributed by atoms with Gasteiger partial charge in [-0.3, -0.25) is 4.72 Å². The lowest BCUT2D eigenvalue weighted by molar-refractivity contribution is 0.417. The van der Waals surface area contributed by atoms with Gasteiger partial charge < -0.3 is 4.74 Å². The Kier molecular flexibility index (Phi) is 4.57. The summed E-state index contributed by atoms with van der Waals surface area (Å²) in [4.78, 5) is 1.24. The Morgan fingerprint density at radius 2 is 1.70 bits per heavy atom. The molecule has 0 saturated heterocycles. The molecule has 0 bridgehead atoms. The Morgan fingerprint density at radius 1 is 1.05 bits per heavy atom. The molecule has 1 N–H and O–H groups in total. The number of methoxy groups -OCH3 is 1. The van der Waals surface area contributed by atoms with Crippen LogP contribution in [0.3, 0.4) is 0 Å². The number of nitrogens with one attached hydrogen (secondary N) is 1. The summed E-state index contributed by atoms with van der Waals surface area (Å²) in [6.07, 6.45) is 1.94. The molecule has 0 unspecified atom stereocenters. The van der Waals surface area contributed by atoms with Crippen LogP contribution in [0, 0.1) is 0 Å². The lowest BCUT2D eigenvalue weighted by Crippen LogP contribution is -2.13. The lowest BCUT2D eigenvalue weighted by Gasteiger charge is -2.11. The number of ether oxygens (including phenoxy) is 1. The van der Waals surface area contributed by atoms with Crippen LogP contribution in [0.5, 0.6) is 5.75 Å². The van der Waals surface area contributed by atoms with Crippen molar-refractivity contribution in [1.82, 2.24) is 0 Å². The maximum atomic E-state index is 12.3. The van der Waals surface area contributed by atoms with Crippen LogP contribution in [0.1, 0.15) is 0 Å². The molecule has 0 radical (unpaired) electrons. The second-order valence-corrected chi connectivity index (χ2v) is 6.54. The monoisotopic (exact) mass is 309 g/mol. The molecular formula is C14H15NO3S2. The number of rotatable bonds is 5. The molecule has 0 aliphatic carbocycles. The topological polar surface area (TPSA) is 55.4 Å². The molecule has 0 fully saturated rings. The number of hydrogen-bond donors (Lipinski definition) is 1. The van der Waals surface area contributed by atoms with Crippen molar-refractivity contribution in [1.29, 1.82) is 0 Å². The Hall–Kier alpha value is -1.66. The Bertz CT molecular complexity index is 682. The van der Waals surface area contributed by atoms with E-state index in [4.69, 9.17) is 4.74 Å². The quantitative estimate of drug-likeness (QED) is 0.862. The van der Waals surface area contributed by atoms with Crippen molar-refractivity contribution in [3.63, 3.8) is 0 Å². The number of hydrogen-bond acceptors (Lipinski definition) is 4. The zero-order chi connectivity index (χ0) is 14.6. The van der Waals surface area contributed by atoms with Gasteiger partial charge in [0.15, 0.2) is 0 Å². The highest BCUT2D eigenvalue weighted by molar-refractivity contribution is 7.98. The summed E-state index contributed by atoms with van der Waals surface area (Å²) in [6, 6.07) is 13.6. The third-order valence-corrected chi connectivity index (χ3v) is 4.85. The van der Waals surface area contributed by atoms with Gasteiger partial charge in [0.2, 0.25) is 0 Å². The largest absolute Gasteiger partial charge is 0.495 e. The SMILES string of the molecule is COc1ccccc1NS(=O)(=O)c1ccc(SC)cc1. The van der Waals surface area contributed by atoms with Crippen LogP contribution in [-0.2, 0) is 10.0 Å². The van der Waals surface area contributed by atoms with Crippen LogP contribution >= 0.6 is 11.8 Å². The Morgan fingerprint density at radius 3 is 2.30 bits per heavy atom. The van der Waals surface area contributed by atoms with E-state index in [1.165, 1.54) is 7.11 Å². The first-order valence-corrected chi connectivity index (χ1v) is 8.57. The molecule has 2 aromatic carbocycles. The number of benzene rings is 2. The molecular weight excluding hydrogens is 294 g/mol. The highest BCUT2D eigenvalue weighted by atomic mass is 32.2. The number of thioether (sulfide) groups is 1. The summed E-state index contributed by atoms with van der Waals surface area (Å²) in [5, 5.41) is 0. The second kappa shape index (κ2) is 6.19. The summed E-state index contributed by atoms with van der Waals surface area (Å²) in [7, 11) is -2.11. The standard InChI is InChI=1S/C14H15NO3S2/c1-18-14-6-4-3-5-13(14)15-20(16,17)12-9-7-11(19-2)8-10-12/h3-10,15H,1-2H3. The molecule has 0 atom stereocenters. The van der Waals surface area contributed by atoms with Gasteiger partial charge in [0.05, 0.1) is 17.7 Å². The van der Waals surface area contributed by atoms with E-state index in [0.29, 0.717) is 11.4 Å². The van der Waals surface area contributed by atoms with Crippen molar-refractivity contribution in [2.75, 3.05) is 18.1 Å². The highest BCUT2D eigenvalue weighted by Crippen LogP contribution is 2.26. The third kappa shape index (κ3) is 3.26. The fourth-order valence-corrected chi connectivity index (χ4v) is 3.17. The molecule has 0 saturated carbocycles. The van der Waals surface area contributed by atoms with Crippen molar-refractivity contribution < 1.29 is 13.2 Å². The Balaban J connectivity index is 2.30. The maximum absolute atomic E-state index is 12.3. The first-order chi connectivity index (χ1) is 9.56. The second-order valence-electron chi connectivity index (χ2n) is 3.98. The normalized spacial score (nSPS) is 11.1. The molecule has 0 heterocycles. The van der Waals surface area contributed by atoms with E-state index in [1.54, 1.807) is 60.3 Å². The number of anilines is 1. The molecule has 4 nitrogen and oxygen atoms in total. The average Bonchev–Trinajstić information content (AvgIpc) is 2.47. The highest BCUT2D eigenvalue weighted by Gasteiger charge is 2.15. The first kappa shape index (κ1) is 14.7. The summed E-state index contributed by atoms with van der Waals surface area (Å²) in [5.74, 6) is 0.483. The van der Waals surface area contributed by atoms with Crippen LogP contribution < -0.4 is 9.46 Å². The molecule has 0 spiro atoms. The van der Waals surface area contributed by atoms with E-state index in [1.807, 2.05) is 6.26 Å². The van der Waals surface area contributed by atoms with Gasteiger partial charge in [-0.2, -0.15) is 0 Å². The van der Waals surface area contributed by atoms with E-state index in [-0.39, 0.29) is 4.90 Å². The summed E-state index contributed by atoms with van der Waals surface area (Å²) in [5.41, 5.74) is 0.420. The van der Waals surface area contributed by atoms with Gasteiger partial charge in [-0.25, -0.2) is 8.42 Å². The number of sulfonamides is 1. The fourth-order valence-electron chi connectivity index (χ4n) is 1.69. The average molecular weight is 309 g/mol. The van der Waals surface area contributed by atoms with Gasteiger partial charge in [0.1, 0.15) is 5.75 Å². The molecule has 20 heavy (non-hydrogen) atoms. The first-order valence-electron chi connectivity index (χ1n) is 5.87. The molecule has 0 aliphatic rings. The lowest BCUT2D eigenvalue weighted by atomic mass is 10.3. The zero-order valence-corrected chi connectivity index (χ0v) is 12.8. The van der Waals surface area contributed by atoms with Gasteiger partial charge in [0.25, 0.3) is 10.0 Å². The van der Waals surface area contributed by atoms with Crippen molar-refractivity contribution in [2.24, 2.45) is 0 Å². The van der Waals surface area contributed by atoms with Gasteiger partial charge in [-0.05, 0) is 42.7 Å². The van der Waals surface area contributed by atoms with E-state index in [9.17, 15) is 8.42 Å². The Labute approximate surface area is 123 Å². The van der Waals surface area contributed by atoms with E-state index in [0.717, 1.165) is 4.90 Å². The molecule has 2 rings (SSSR count). The molecule has 0 aromatic heterocycles. The van der Waals surface area contributed by atoms with E-state index in [2.05, 4.69) is 4.72 Å². The molecule has 2 aromatic rings. The molecule has 6 heteroatoms. The van der Waals surface area contributed by atoms with Crippen LogP contribution in [0.15, 0.2) is 58.3 Å². The minimum Gasteiger partial charge on any atom is -0.495 e.